The van der Waals surface area contributed by atoms with Gasteiger partial charge in [-0.1, -0.05) is 286 Å². The molecule has 0 saturated carbocycles. The van der Waals surface area contributed by atoms with E-state index in [1.54, 1.807) is 0 Å². The molecular weight excluding hydrogens is 805 g/mol. The fourth-order valence-corrected chi connectivity index (χ4v) is 8.93. The van der Waals surface area contributed by atoms with E-state index in [2.05, 4.69) is 41.5 Å². The molecule has 6 heteroatoms. The number of hydrogen-bond acceptors (Lipinski definition) is 6. The maximum atomic E-state index is 12.8. The molecule has 0 N–H and O–H groups in total. The van der Waals surface area contributed by atoms with Crippen molar-refractivity contribution >= 4 is 17.9 Å². The van der Waals surface area contributed by atoms with Crippen LogP contribution >= 0.6 is 0 Å². The molecule has 65 heavy (non-hydrogen) atoms. The van der Waals surface area contributed by atoms with Crippen molar-refractivity contribution in [2.45, 2.75) is 330 Å². The van der Waals surface area contributed by atoms with Gasteiger partial charge < -0.3 is 14.2 Å². The summed E-state index contributed by atoms with van der Waals surface area (Å²) in [6.07, 6.45) is 52.3. The summed E-state index contributed by atoms with van der Waals surface area (Å²) in [5.41, 5.74) is 0. The quantitative estimate of drug-likeness (QED) is 0.0344. The molecule has 0 fully saturated rings. The summed E-state index contributed by atoms with van der Waals surface area (Å²) in [7, 11) is 0. The fraction of sp³-hybridized carbons (Fsp3) is 0.949. The molecule has 0 aromatic rings. The average molecular weight is 920 g/mol. The monoisotopic (exact) mass is 919 g/mol. The van der Waals surface area contributed by atoms with E-state index in [4.69, 9.17) is 14.2 Å². The molecule has 0 saturated heterocycles. The predicted molar refractivity (Wildman–Crippen MR) is 279 cm³/mol. The van der Waals surface area contributed by atoms with Crippen molar-refractivity contribution in [3.8, 4) is 0 Å². The van der Waals surface area contributed by atoms with Gasteiger partial charge in [-0.25, -0.2) is 0 Å². The number of carbonyl (C=O) groups is 3. The molecule has 0 aliphatic heterocycles. The molecule has 3 atom stereocenters. The first-order valence-corrected chi connectivity index (χ1v) is 29.2. The molecule has 0 aliphatic carbocycles. The van der Waals surface area contributed by atoms with Crippen LogP contribution in [0.5, 0.6) is 0 Å². The van der Waals surface area contributed by atoms with Gasteiger partial charge in [-0.15, -0.1) is 0 Å². The minimum absolute atomic E-state index is 0.0640. The highest BCUT2D eigenvalue weighted by Crippen LogP contribution is 2.19. The third-order valence-electron chi connectivity index (χ3n) is 14.1. The van der Waals surface area contributed by atoms with Crippen molar-refractivity contribution in [3.63, 3.8) is 0 Å². The fourth-order valence-electron chi connectivity index (χ4n) is 8.93. The number of unbranched alkanes of at least 4 members (excludes halogenated alkanes) is 33. The Kier molecular flexibility index (Phi) is 49.1. The summed E-state index contributed by atoms with van der Waals surface area (Å²) < 4.78 is 16.9. The highest BCUT2D eigenvalue weighted by molar-refractivity contribution is 5.71. The van der Waals surface area contributed by atoms with E-state index in [9.17, 15) is 14.4 Å². The van der Waals surface area contributed by atoms with Gasteiger partial charge in [0.25, 0.3) is 0 Å². The molecular formula is C59H114O6. The molecule has 0 heterocycles. The van der Waals surface area contributed by atoms with Crippen LogP contribution in [0, 0.1) is 17.8 Å². The summed E-state index contributed by atoms with van der Waals surface area (Å²) in [6, 6.07) is 0. The van der Waals surface area contributed by atoms with E-state index in [-0.39, 0.29) is 31.1 Å². The summed E-state index contributed by atoms with van der Waals surface area (Å²) in [5.74, 6) is 1.73. The minimum Gasteiger partial charge on any atom is -0.462 e. The topological polar surface area (TPSA) is 78.9 Å². The average Bonchev–Trinajstić information content (AvgIpc) is 3.29. The van der Waals surface area contributed by atoms with Crippen molar-refractivity contribution in [2.24, 2.45) is 17.8 Å². The third kappa shape index (κ3) is 50.1. The molecule has 0 bridgehead atoms. The lowest BCUT2D eigenvalue weighted by Crippen LogP contribution is -2.30. The highest BCUT2D eigenvalue weighted by Gasteiger charge is 2.19. The van der Waals surface area contributed by atoms with Crippen molar-refractivity contribution in [2.75, 3.05) is 13.2 Å². The first kappa shape index (κ1) is 63.4. The Labute approximate surface area is 406 Å². The molecule has 0 amide bonds. The zero-order valence-corrected chi connectivity index (χ0v) is 44.8. The Balaban J connectivity index is 4.25. The van der Waals surface area contributed by atoms with E-state index in [1.165, 1.54) is 205 Å². The zero-order valence-electron chi connectivity index (χ0n) is 44.8. The molecule has 0 spiro atoms. The molecule has 0 rings (SSSR count). The third-order valence-corrected chi connectivity index (χ3v) is 14.1. The van der Waals surface area contributed by atoms with Crippen LogP contribution in [0.25, 0.3) is 0 Å². The molecule has 386 valence electrons. The number of ether oxygens (including phenoxy) is 3. The predicted octanol–water partition coefficient (Wildman–Crippen LogP) is 19.1. The molecule has 6 nitrogen and oxygen atoms in total. The highest BCUT2D eigenvalue weighted by atomic mass is 16.6. The Hall–Kier alpha value is -1.59. The van der Waals surface area contributed by atoms with Gasteiger partial charge in [-0.05, 0) is 37.0 Å². The largest absolute Gasteiger partial charge is 0.462 e. The summed E-state index contributed by atoms with van der Waals surface area (Å²) >= 11 is 0. The van der Waals surface area contributed by atoms with Crippen molar-refractivity contribution < 1.29 is 28.6 Å². The smallest absolute Gasteiger partial charge is 0.306 e. The summed E-state index contributed by atoms with van der Waals surface area (Å²) in [5, 5.41) is 0. The van der Waals surface area contributed by atoms with Gasteiger partial charge >= 0.3 is 17.9 Å². The SMILES string of the molecule is CCC(C)CCCCCCCCCCCCC(=O)O[C@H](COC(=O)CCCCCCCCCCCCCCCCCCCCC(C)C)COC(=O)CCCCCCCCCCC(C)CC. The first-order chi connectivity index (χ1) is 31.7. The summed E-state index contributed by atoms with van der Waals surface area (Å²) in [6.45, 7) is 13.8. The molecule has 0 radical (unpaired) electrons. The number of rotatable bonds is 52. The standard InChI is InChI=1S/C59H114O6/c1-7-54(5)46-40-34-28-22-19-20-24-32-38-44-50-59(62)65-56(52-64-58(61)49-43-37-31-26-25-29-35-41-47-55(6)8-2)51-63-57(60)48-42-36-30-23-18-16-14-12-10-9-11-13-15-17-21-27-33-39-45-53(3)4/h53-56H,7-52H2,1-6H3/t54?,55?,56-/m1/s1. The van der Waals surface area contributed by atoms with E-state index in [0.717, 1.165) is 75.5 Å². The van der Waals surface area contributed by atoms with Crippen LogP contribution in [0.4, 0.5) is 0 Å². The zero-order chi connectivity index (χ0) is 47.7. The van der Waals surface area contributed by atoms with Crippen LogP contribution in [0.2, 0.25) is 0 Å². The maximum absolute atomic E-state index is 12.8. The normalized spacial score (nSPS) is 13.0. The van der Waals surface area contributed by atoms with Gasteiger partial charge in [0.15, 0.2) is 6.10 Å². The van der Waals surface area contributed by atoms with Crippen LogP contribution in [0.3, 0.4) is 0 Å². The lowest BCUT2D eigenvalue weighted by atomic mass is 9.99. The number of esters is 3. The van der Waals surface area contributed by atoms with Crippen LogP contribution in [-0.4, -0.2) is 37.2 Å². The lowest BCUT2D eigenvalue weighted by Gasteiger charge is -2.18. The lowest BCUT2D eigenvalue weighted by molar-refractivity contribution is -0.167. The molecule has 0 aromatic carbocycles. The van der Waals surface area contributed by atoms with Gasteiger partial charge in [-0.3, -0.25) is 14.4 Å². The van der Waals surface area contributed by atoms with Gasteiger partial charge in [0.2, 0.25) is 0 Å². The van der Waals surface area contributed by atoms with Crippen LogP contribution in [0.15, 0.2) is 0 Å². The second-order valence-electron chi connectivity index (χ2n) is 21.2. The van der Waals surface area contributed by atoms with Crippen LogP contribution in [-0.2, 0) is 28.6 Å². The van der Waals surface area contributed by atoms with Gasteiger partial charge in [0.05, 0.1) is 0 Å². The van der Waals surface area contributed by atoms with E-state index < -0.39 is 6.10 Å². The summed E-state index contributed by atoms with van der Waals surface area (Å²) in [4.78, 5) is 38.1. The molecule has 0 aromatic heterocycles. The minimum atomic E-state index is -0.764. The van der Waals surface area contributed by atoms with Crippen LogP contribution in [0.1, 0.15) is 324 Å². The van der Waals surface area contributed by atoms with Gasteiger partial charge in [0, 0.05) is 19.3 Å². The van der Waals surface area contributed by atoms with Crippen molar-refractivity contribution in [1.29, 1.82) is 0 Å². The Bertz CT molecular complexity index is 1010. The Morgan fingerprint density at radius 1 is 0.308 bits per heavy atom. The second-order valence-corrected chi connectivity index (χ2v) is 21.2. The maximum Gasteiger partial charge on any atom is 0.306 e. The van der Waals surface area contributed by atoms with Crippen molar-refractivity contribution in [1.82, 2.24) is 0 Å². The Morgan fingerprint density at radius 3 is 0.800 bits per heavy atom. The molecule has 0 aliphatic rings. The first-order valence-electron chi connectivity index (χ1n) is 29.2. The van der Waals surface area contributed by atoms with Gasteiger partial charge in [-0.2, -0.15) is 0 Å². The van der Waals surface area contributed by atoms with E-state index >= 15 is 0 Å². The van der Waals surface area contributed by atoms with E-state index in [0.29, 0.717) is 19.3 Å². The van der Waals surface area contributed by atoms with Crippen molar-refractivity contribution in [3.05, 3.63) is 0 Å². The van der Waals surface area contributed by atoms with Gasteiger partial charge in [0.1, 0.15) is 13.2 Å². The van der Waals surface area contributed by atoms with E-state index in [1.807, 2.05) is 0 Å². The Morgan fingerprint density at radius 2 is 0.538 bits per heavy atom. The number of carbonyl (C=O) groups excluding carboxylic acids is 3. The number of hydrogen-bond donors (Lipinski definition) is 0. The second kappa shape index (κ2) is 50.3. The van der Waals surface area contributed by atoms with Crippen LogP contribution < -0.4 is 0 Å². The molecule has 2 unspecified atom stereocenters.